The topological polar surface area (TPSA) is 70.5 Å². The second-order valence-corrected chi connectivity index (χ2v) is 7.42. The summed E-state index contributed by atoms with van der Waals surface area (Å²) in [6.45, 7) is 2.73. The van der Waals surface area contributed by atoms with Crippen LogP contribution in [-0.4, -0.2) is 47.4 Å². The summed E-state index contributed by atoms with van der Waals surface area (Å²) in [5, 5.41) is 13.1. The van der Waals surface area contributed by atoms with Gasteiger partial charge in [0.2, 0.25) is 0 Å². The third kappa shape index (κ3) is 4.22. The van der Waals surface area contributed by atoms with Gasteiger partial charge < -0.3 is 20.1 Å². The molecule has 2 saturated heterocycles. The second kappa shape index (κ2) is 8.67. The van der Waals surface area contributed by atoms with Gasteiger partial charge in [-0.05, 0) is 31.2 Å². The van der Waals surface area contributed by atoms with E-state index < -0.39 is 0 Å². The Bertz CT molecular complexity index is 727. The van der Waals surface area contributed by atoms with E-state index in [1.807, 2.05) is 12.1 Å². The van der Waals surface area contributed by atoms with Crippen molar-refractivity contribution in [2.45, 2.75) is 37.8 Å². The Morgan fingerprint density at radius 1 is 1.15 bits per heavy atom. The van der Waals surface area contributed by atoms with Gasteiger partial charge in [0.05, 0.1) is 18.8 Å². The van der Waals surface area contributed by atoms with Crippen LogP contribution < -0.4 is 10.2 Å². The monoisotopic (exact) mass is 368 g/mol. The number of nitrogens with one attached hydrogen (secondary N) is 1. The van der Waals surface area contributed by atoms with E-state index in [2.05, 4.69) is 44.5 Å². The highest BCUT2D eigenvalue weighted by molar-refractivity contribution is 5.49. The largest absolute Gasteiger partial charge is 0.394 e. The molecular formula is C21H28N4O2. The molecule has 6 heteroatoms. The lowest BCUT2D eigenvalue weighted by molar-refractivity contribution is 0.0933. The first kappa shape index (κ1) is 18.2. The van der Waals surface area contributed by atoms with Gasteiger partial charge in [-0.2, -0.15) is 0 Å². The summed E-state index contributed by atoms with van der Waals surface area (Å²) < 4.78 is 5.98. The van der Waals surface area contributed by atoms with Crippen LogP contribution in [0.15, 0.2) is 42.7 Å². The van der Waals surface area contributed by atoms with Crippen LogP contribution in [0.4, 0.5) is 11.6 Å². The van der Waals surface area contributed by atoms with Gasteiger partial charge >= 0.3 is 0 Å². The number of hydrogen-bond donors (Lipinski definition) is 2. The molecule has 2 fully saturated rings. The van der Waals surface area contributed by atoms with Crippen molar-refractivity contribution in [1.82, 2.24) is 9.97 Å². The first-order chi connectivity index (χ1) is 13.3. The van der Waals surface area contributed by atoms with E-state index in [1.54, 1.807) is 6.33 Å². The van der Waals surface area contributed by atoms with Crippen LogP contribution in [0.5, 0.6) is 0 Å². The number of ether oxygens (including phenoxy) is 1. The number of benzene rings is 1. The molecule has 0 radical (unpaired) electrons. The minimum atomic E-state index is 0.140. The fraction of sp³-hybridized carbons (Fsp3) is 0.524. The number of nitrogens with zero attached hydrogens (tertiary/aromatic N) is 3. The predicted octanol–water partition coefficient (Wildman–Crippen LogP) is 3.02. The van der Waals surface area contributed by atoms with Crippen LogP contribution in [0.1, 0.15) is 37.4 Å². The van der Waals surface area contributed by atoms with Gasteiger partial charge in [-0.1, -0.05) is 30.3 Å². The number of rotatable bonds is 6. The molecule has 6 nitrogen and oxygen atoms in total. The standard InChI is InChI=1S/C21H28N4O2/c26-14-18-8-4-5-10-25(18)20-12-19(23-15-24-20)22-13-17-9-11-27-21(17)16-6-2-1-3-7-16/h1-3,6-7,12,15,17-18,21,26H,4-5,8-11,13-14H2,(H,22,23,24)/t17-,18?,21-/m0/s1. The number of aliphatic hydroxyl groups is 1. The Morgan fingerprint density at radius 3 is 2.89 bits per heavy atom. The zero-order valence-corrected chi connectivity index (χ0v) is 15.6. The maximum Gasteiger partial charge on any atom is 0.134 e. The van der Waals surface area contributed by atoms with Gasteiger partial charge in [-0.3, -0.25) is 0 Å². The maximum atomic E-state index is 9.66. The van der Waals surface area contributed by atoms with Crippen molar-refractivity contribution in [2.24, 2.45) is 5.92 Å². The van der Waals surface area contributed by atoms with E-state index in [0.29, 0.717) is 5.92 Å². The summed E-state index contributed by atoms with van der Waals surface area (Å²) in [5.74, 6) is 2.15. The molecule has 1 aromatic heterocycles. The lowest BCUT2D eigenvalue weighted by Crippen LogP contribution is -2.42. The molecule has 3 heterocycles. The van der Waals surface area contributed by atoms with Crippen molar-refractivity contribution in [2.75, 3.05) is 36.5 Å². The molecule has 2 aliphatic rings. The number of hydrogen-bond acceptors (Lipinski definition) is 6. The summed E-state index contributed by atoms with van der Waals surface area (Å²) in [7, 11) is 0. The fourth-order valence-corrected chi connectivity index (χ4v) is 4.18. The molecule has 0 saturated carbocycles. The Balaban J connectivity index is 1.41. The molecule has 0 spiro atoms. The maximum absolute atomic E-state index is 9.66. The Hall–Kier alpha value is -2.18. The second-order valence-electron chi connectivity index (χ2n) is 7.42. The predicted molar refractivity (Wildman–Crippen MR) is 106 cm³/mol. The van der Waals surface area contributed by atoms with Crippen molar-refractivity contribution in [3.8, 4) is 0 Å². The first-order valence-electron chi connectivity index (χ1n) is 9.95. The zero-order chi connectivity index (χ0) is 18.5. The van der Waals surface area contributed by atoms with Crippen LogP contribution >= 0.6 is 0 Å². The van der Waals surface area contributed by atoms with Gasteiger partial charge in [-0.15, -0.1) is 0 Å². The van der Waals surface area contributed by atoms with E-state index in [0.717, 1.165) is 50.6 Å². The summed E-state index contributed by atoms with van der Waals surface area (Å²) in [6.07, 6.45) is 6.12. The van der Waals surface area contributed by atoms with E-state index in [9.17, 15) is 5.11 Å². The highest BCUT2D eigenvalue weighted by atomic mass is 16.5. The molecule has 2 N–H and O–H groups in total. The van der Waals surface area contributed by atoms with Crippen LogP contribution in [0.2, 0.25) is 0 Å². The molecular weight excluding hydrogens is 340 g/mol. The Kier molecular flexibility index (Phi) is 5.84. The van der Waals surface area contributed by atoms with Gasteiger partial charge in [0, 0.05) is 31.7 Å². The summed E-state index contributed by atoms with van der Waals surface area (Å²) in [4.78, 5) is 11.0. The highest BCUT2D eigenvalue weighted by Gasteiger charge is 2.29. The van der Waals surface area contributed by atoms with Gasteiger partial charge in [-0.25, -0.2) is 9.97 Å². The zero-order valence-electron chi connectivity index (χ0n) is 15.6. The third-order valence-electron chi connectivity index (χ3n) is 5.67. The Morgan fingerprint density at radius 2 is 2.04 bits per heavy atom. The van der Waals surface area contributed by atoms with Gasteiger partial charge in [0.1, 0.15) is 18.0 Å². The average molecular weight is 368 g/mol. The minimum absolute atomic E-state index is 0.140. The van der Waals surface area contributed by atoms with Gasteiger partial charge in [0.25, 0.3) is 0 Å². The van der Waals surface area contributed by atoms with Crippen molar-refractivity contribution in [3.63, 3.8) is 0 Å². The fourth-order valence-electron chi connectivity index (χ4n) is 4.18. The number of piperidine rings is 1. The summed E-state index contributed by atoms with van der Waals surface area (Å²) in [6, 6.07) is 12.6. The SMILES string of the molecule is OCC1CCCCN1c1cc(NC[C@@H]2CCO[C@H]2c2ccccc2)ncn1. The van der Waals surface area contributed by atoms with Crippen LogP contribution in [-0.2, 0) is 4.74 Å². The normalized spacial score (nSPS) is 25.5. The molecule has 2 aliphatic heterocycles. The van der Waals surface area contributed by atoms with E-state index >= 15 is 0 Å². The molecule has 3 atom stereocenters. The molecule has 1 aromatic carbocycles. The number of anilines is 2. The lowest BCUT2D eigenvalue weighted by Gasteiger charge is -2.35. The first-order valence-corrected chi connectivity index (χ1v) is 9.95. The van der Waals surface area contributed by atoms with Crippen molar-refractivity contribution in [1.29, 1.82) is 0 Å². The van der Waals surface area contributed by atoms with E-state index in [4.69, 9.17) is 4.74 Å². The molecule has 0 bridgehead atoms. The molecule has 2 aromatic rings. The molecule has 0 aliphatic carbocycles. The van der Waals surface area contributed by atoms with Crippen molar-refractivity contribution >= 4 is 11.6 Å². The molecule has 27 heavy (non-hydrogen) atoms. The van der Waals surface area contributed by atoms with Crippen LogP contribution in [0.25, 0.3) is 0 Å². The van der Waals surface area contributed by atoms with Crippen molar-refractivity contribution < 1.29 is 9.84 Å². The van der Waals surface area contributed by atoms with Gasteiger partial charge in [0.15, 0.2) is 0 Å². The van der Waals surface area contributed by atoms with Crippen molar-refractivity contribution in [3.05, 3.63) is 48.3 Å². The quantitative estimate of drug-likeness (QED) is 0.817. The lowest BCUT2D eigenvalue weighted by atomic mass is 9.95. The smallest absolute Gasteiger partial charge is 0.134 e. The van der Waals surface area contributed by atoms with Crippen LogP contribution in [0, 0.1) is 5.92 Å². The third-order valence-corrected chi connectivity index (χ3v) is 5.67. The molecule has 0 amide bonds. The summed E-state index contributed by atoms with van der Waals surface area (Å²) >= 11 is 0. The molecule has 144 valence electrons. The summed E-state index contributed by atoms with van der Waals surface area (Å²) in [5.41, 5.74) is 1.24. The molecule has 1 unspecified atom stereocenters. The number of aliphatic hydroxyl groups excluding tert-OH is 1. The van der Waals surface area contributed by atoms with E-state index in [-0.39, 0.29) is 18.8 Å². The number of aromatic nitrogens is 2. The average Bonchev–Trinajstić information content (AvgIpc) is 3.22. The highest BCUT2D eigenvalue weighted by Crippen LogP contribution is 2.34. The Labute approximate surface area is 160 Å². The molecule has 4 rings (SSSR count). The van der Waals surface area contributed by atoms with E-state index in [1.165, 1.54) is 12.0 Å². The van der Waals surface area contributed by atoms with Crippen LogP contribution in [0.3, 0.4) is 0 Å². The minimum Gasteiger partial charge on any atom is -0.394 e.